The number of piperidine rings is 1. The van der Waals surface area contributed by atoms with Gasteiger partial charge in [0.2, 0.25) is 5.91 Å². The summed E-state index contributed by atoms with van der Waals surface area (Å²) in [5.74, 6) is 0.0503. The Morgan fingerprint density at radius 2 is 1.96 bits per heavy atom. The molecule has 1 aliphatic heterocycles. The second-order valence-electron chi connectivity index (χ2n) is 6.75. The lowest BCUT2D eigenvalue weighted by Gasteiger charge is -2.30. The molecular formula is C20H26N4O3. The predicted octanol–water partition coefficient (Wildman–Crippen LogP) is 2.44. The molecule has 7 nitrogen and oxygen atoms in total. The van der Waals surface area contributed by atoms with Gasteiger partial charge in [-0.2, -0.15) is 0 Å². The van der Waals surface area contributed by atoms with Crippen molar-refractivity contribution in [2.45, 2.75) is 32.4 Å². The molecule has 1 aromatic carbocycles. The number of carbonyl (C=O) groups is 2. The molecule has 0 saturated carbocycles. The minimum absolute atomic E-state index is 0.0311. The molecule has 2 aromatic rings. The molecule has 7 heteroatoms. The molecule has 0 spiro atoms. The summed E-state index contributed by atoms with van der Waals surface area (Å²) in [5.41, 5.74) is 0.968. The van der Waals surface area contributed by atoms with Crippen LogP contribution in [0.2, 0.25) is 0 Å². The molecule has 1 N–H and O–H groups in total. The second-order valence-corrected chi connectivity index (χ2v) is 6.75. The normalized spacial score (nSPS) is 14.7. The number of hydrogen-bond donors (Lipinski definition) is 1. The van der Waals surface area contributed by atoms with Crippen LogP contribution in [0.5, 0.6) is 0 Å². The van der Waals surface area contributed by atoms with E-state index in [1.165, 1.54) is 0 Å². The standard InChI is InChI=1S/C20H26N4O3/c25-19(22-9-4-11-23-14-10-21-16-23)18-7-12-24(13-8-18)20(26)27-15-17-5-2-1-3-6-17/h1-3,5-6,10,14,16,18H,4,7-9,11-13,15H2,(H,22,25). The van der Waals surface area contributed by atoms with Gasteiger partial charge in [-0.25, -0.2) is 9.78 Å². The third-order valence-electron chi connectivity index (χ3n) is 4.78. The Balaban J connectivity index is 1.31. The van der Waals surface area contributed by atoms with Gasteiger partial charge >= 0.3 is 6.09 Å². The van der Waals surface area contributed by atoms with Crippen LogP contribution in [0.15, 0.2) is 49.1 Å². The van der Waals surface area contributed by atoms with Crippen LogP contribution < -0.4 is 5.32 Å². The molecule has 0 aliphatic carbocycles. The van der Waals surface area contributed by atoms with Crippen molar-refractivity contribution in [3.8, 4) is 0 Å². The molecule has 1 aromatic heterocycles. The molecule has 144 valence electrons. The first-order chi connectivity index (χ1) is 13.2. The van der Waals surface area contributed by atoms with Crippen LogP contribution in [0.25, 0.3) is 0 Å². The van der Waals surface area contributed by atoms with E-state index in [-0.39, 0.29) is 24.5 Å². The fraction of sp³-hybridized carbons (Fsp3) is 0.450. The highest BCUT2D eigenvalue weighted by atomic mass is 16.6. The fourth-order valence-electron chi connectivity index (χ4n) is 3.17. The van der Waals surface area contributed by atoms with Gasteiger partial charge in [0, 0.05) is 44.5 Å². The number of likely N-dealkylation sites (tertiary alicyclic amines) is 1. The maximum atomic E-state index is 12.3. The molecule has 0 radical (unpaired) electrons. The van der Waals surface area contributed by atoms with Gasteiger partial charge in [0.15, 0.2) is 0 Å². The number of imidazole rings is 1. The molecule has 1 aliphatic rings. The van der Waals surface area contributed by atoms with Crippen LogP contribution in [-0.2, 0) is 22.7 Å². The summed E-state index contributed by atoms with van der Waals surface area (Å²) in [6.07, 6.45) is 7.34. The van der Waals surface area contributed by atoms with Crippen molar-refractivity contribution in [2.24, 2.45) is 5.92 Å². The monoisotopic (exact) mass is 370 g/mol. The third kappa shape index (κ3) is 5.84. The summed E-state index contributed by atoms with van der Waals surface area (Å²) in [6.45, 7) is 2.88. The fourth-order valence-corrected chi connectivity index (χ4v) is 3.17. The number of carbonyl (C=O) groups excluding carboxylic acids is 2. The summed E-state index contributed by atoms with van der Waals surface area (Å²) in [4.78, 5) is 30.1. The average Bonchev–Trinajstić information content (AvgIpc) is 3.24. The molecule has 0 atom stereocenters. The molecule has 0 bridgehead atoms. The molecule has 3 rings (SSSR count). The van der Waals surface area contributed by atoms with Gasteiger partial charge in [0.25, 0.3) is 0 Å². The molecule has 1 fully saturated rings. The van der Waals surface area contributed by atoms with E-state index in [1.807, 2.05) is 41.1 Å². The highest BCUT2D eigenvalue weighted by molar-refractivity contribution is 5.79. The van der Waals surface area contributed by atoms with Crippen LogP contribution in [0.3, 0.4) is 0 Å². The lowest BCUT2D eigenvalue weighted by molar-refractivity contribution is -0.126. The molecule has 1 saturated heterocycles. The summed E-state index contributed by atoms with van der Waals surface area (Å²) < 4.78 is 7.35. The molecule has 27 heavy (non-hydrogen) atoms. The van der Waals surface area contributed by atoms with Gasteiger partial charge < -0.3 is 19.5 Å². The number of ether oxygens (including phenoxy) is 1. The number of aromatic nitrogens is 2. The van der Waals surface area contributed by atoms with E-state index in [1.54, 1.807) is 17.4 Å². The first-order valence-electron chi connectivity index (χ1n) is 9.41. The zero-order chi connectivity index (χ0) is 18.9. The Morgan fingerprint density at radius 3 is 2.67 bits per heavy atom. The lowest BCUT2D eigenvalue weighted by Crippen LogP contribution is -2.43. The Bertz CT molecular complexity index is 710. The maximum absolute atomic E-state index is 12.3. The number of amides is 2. The van der Waals surface area contributed by atoms with Crippen molar-refractivity contribution < 1.29 is 14.3 Å². The first-order valence-corrected chi connectivity index (χ1v) is 9.41. The van der Waals surface area contributed by atoms with Crippen molar-refractivity contribution in [1.82, 2.24) is 19.8 Å². The summed E-state index contributed by atoms with van der Waals surface area (Å²) in [7, 11) is 0. The van der Waals surface area contributed by atoms with Crippen molar-refractivity contribution >= 4 is 12.0 Å². The van der Waals surface area contributed by atoms with Crippen LogP contribution in [0, 0.1) is 5.92 Å². The zero-order valence-corrected chi connectivity index (χ0v) is 15.4. The minimum atomic E-state index is -0.307. The van der Waals surface area contributed by atoms with Crippen molar-refractivity contribution in [1.29, 1.82) is 0 Å². The lowest BCUT2D eigenvalue weighted by atomic mass is 9.96. The zero-order valence-electron chi connectivity index (χ0n) is 15.4. The summed E-state index contributed by atoms with van der Waals surface area (Å²) in [6, 6.07) is 9.62. The van der Waals surface area contributed by atoms with Crippen LogP contribution >= 0.6 is 0 Å². The quantitative estimate of drug-likeness (QED) is 0.760. The highest BCUT2D eigenvalue weighted by Gasteiger charge is 2.27. The van der Waals surface area contributed by atoms with Gasteiger partial charge in [0.05, 0.1) is 6.33 Å². The van der Waals surface area contributed by atoms with Gasteiger partial charge in [-0.05, 0) is 24.8 Å². The van der Waals surface area contributed by atoms with E-state index in [2.05, 4.69) is 10.3 Å². The van der Waals surface area contributed by atoms with E-state index >= 15 is 0 Å². The van der Waals surface area contributed by atoms with E-state index in [9.17, 15) is 9.59 Å². The largest absolute Gasteiger partial charge is 0.445 e. The van der Waals surface area contributed by atoms with E-state index in [0.29, 0.717) is 32.5 Å². The molecular weight excluding hydrogens is 344 g/mol. The van der Waals surface area contributed by atoms with E-state index in [0.717, 1.165) is 18.5 Å². The van der Waals surface area contributed by atoms with Crippen molar-refractivity contribution in [3.63, 3.8) is 0 Å². The number of nitrogens with zero attached hydrogens (tertiary/aromatic N) is 3. The smallest absolute Gasteiger partial charge is 0.410 e. The van der Waals surface area contributed by atoms with Gasteiger partial charge in [-0.3, -0.25) is 4.79 Å². The van der Waals surface area contributed by atoms with Crippen molar-refractivity contribution in [2.75, 3.05) is 19.6 Å². The third-order valence-corrected chi connectivity index (χ3v) is 4.78. The number of aryl methyl sites for hydroxylation is 1. The van der Waals surface area contributed by atoms with Crippen LogP contribution in [0.4, 0.5) is 4.79 Å². The molecule has 2 heterocycles. The van der Waals surface area contributed by atoms with E-state index in [4.69, 9.17) is 4.74 Å². The summed E-state index contributed by atoms with van der Waals surface area (Å²) >= 11 is 0. The number of benzene rings is 1. The SMILES string of the molecule is O=C(NCCCn1ccnc1)C1CCN(C(=O)OCc2ccccc2)CC1. The van der Waals surface area contributed by atoms with Crippen LogP contribution in [0.1, 0.15) is 24.8 Å². The van der Waals surface area contributed by atoms with Gasteiger partial charge in [0.1, 0.15) is 6.61 Å². The predicted molar refractivity (Wildman–Crippen MR) is 101 cm³/mol. The van der Waals surface area contributed by atoms with Gasteiger partial charge in [-0.1, -0.05) is 30.3 Å². The molecule has 0 unspecified atom stereocenters. The highest BCUT2D eigenvalue weighted by Crippen LogP contribution is 2.18. The number of rotatable bonds is 7. The number of hydrogen-bond acceptors (Lipinski definition) is 4. The van der Waals surface area contributed by atoms with Crippen LogP contribution in [-0.4, -0.2) is 46.1 Å². The Labute approximate surface area is 159 Å². The Morgan fingerprint density at radius 1 is 1.19 bits per heavy atom. The van der Waals surface area contributed by atoms with Crippen molar-refractivity contribution in [3.05, 3.63) is 54.6 Å². The maximum Gasteiger partial charge on any atom is 0.410 e. The average molecular weight is 370 g/mol. The number of nitrogens with one attached hydrogen (secondary N) is 1. The Kier molecular flexibility index (Phi) is 6.84. The first kappa shape index (κ1) is 18.9. The minimum Gasteiger partial charge on any atom is -0.445 e. The van der Waals surface area contributed by atoms with E-state index < -0.39 is 0 Å². The second kappa shape index (κ2) is 9.75. The summed E-state index contributed by atoms with van der Waals surface area (Å²) in [5, 5.41) is 3.00. The Hall–Kier alpha value is -2.83. The topological polar surface area (TPSA) is 76.5 Å². The van der Waals surface area contributed by atoms with Gasteiger partial charge in [-0.15, -0.1) is 0 Å². The molecule has 2 amide bonds.